The molecule has 1 N–H and O–H groups in total. The summed E-state index contributed by atoms with van der Waals surface area (Å²) in [5.41, 5.74) is 6.51. The van der Waals surface area contributed by atoms with Gasteiger partial charge in [-0.05, 0) is 12.1 Å². The van der Waals surface area contributed by atoms with Gasteiger partial charge in [0.25, 0.3) is 0 Å². The highest BCUT2D eigenvalue weighted by atomic mass is 16.3. The zero-order valence-corrected chi connectivity index (χ0v) is 15.7. The molecule has 1 amide bonds. The van der Waals surface area contributed by atoms with Crippen LogP contribution in [-0.2, 0) is 11.3 Å². The maximum Gasteiger partial charge on any atom is 0.241 e. The minimum Gasteiger partial charge on any atom is -0.463 e. The van der Waals surface area contributed by atoms with Gasteiger partial charge in [-0.15, -0.1) is 0 Å². The molecule has 0 unspecified atom stereocenters. The number of rotatable bonds is 7. The average molecular weight is 384 g/mol. The molecule has 144 valence electrons. The molecule has 6 heteroatoms. The topological polar surface area (TPSA) is 72.4 Å². The molecule has 29 heavy (non-hydrogen) atoms. The van der Waals surface area contributed by atoms with E-state index in [2.05, 4.69) is 15.5 Å². The summed E-state index contributed by atoms with van der Waals surface area (Å²) in [5.74, 6) is 0.403. The fourth-order valence-electron chi connectivity index (χ4n) is 3.07. The molecule has 2 heterocycles. The summed E-state index contributed by atoms with van der Waals surface area (Å²) in [6.45, 7) is 0.492. The summed E-state index contributed by atoms with van der Waals surface area (Å²) < 4.78 is 7.15. The number of aryl methyl sites for hydroxylation is 1. The van der Waals surface area contributed by atoms with Crippen LogP contribution in [0.3, 0.4) is 0 Å². The van der Waals surface area contributed by atoms with Crippen molar-refractivity contribution in [1.29, 1.82) is 0 Å². The van der Waals surface area contributed by atoms with Gasteiger partial charge in [0.15, 0.2) is 0 Å². The Kier molecular flexibility index (Phi) is 5.62. The van der Waals surface area contributed by atoms with Crippen molar-refractivity contribution in [3.8, 4) is 22.5 Å². The Bertz CT molecular complexity index is 1080. The van der Waals surface area contributed by atoms with Crippen molar-refractivity contribution in [2.75, 3.05) is 0 Å². The average Bonchev–Trinajstić information content (AvgIpc) is 3.43. The van der Waals surface area contributed by atoms with Crippen molar-refractivity contribution in [2.45, 2.75) is 13.0 Å². The number of hydrogen-bond acceptors (Lipinski definition) is 4. The van der Waals surface area contributed by atoms with E-state index in [0.717, 1.165) is 22.5 Å². The first-order valence-corrected chi connectivity index (χ1v) is 9.32. The molecule has 0 saturated carbocycles. The van der Waals surface area contributed by atoms with Gasteiger partial charge in [0, 0.05) is 24.1 Å². The fourth-order valence-corrected chi connectivity index (χ4v) is 3.07. The lowest BCUT2D eigenvalue weighted by Crippen LogP contribution is -2.19. The first-order chi connectivity index (χ1) is 14.3. The first-order valence-electron chi connectivity index (χ1n) is 9.32. The van der Waals surface area contributed by atoms with Crippen LogP contribution in [-0.4, -0.2) is 21.7 Å². The van der Waals surface area contributed by atoms with E-state index in [1.807, 2.05) is 65.2 Å². The third-order valence-electron chi connectivity index (χ3n) is 4.44. The van der Waals surface area contributed by atoms with Crippen LogP contribution in [0.15, 0.2) is 94.9 Å². The van der Waals surface area contributed by atoms with Crippen molar-refractivity contribution in [1.82, 2.24) is 15.0 Å². The van der Waals surface area contributed by atoms with E-state index in [-0.39, 0.29) is 12.3 Å². The molecule has 2 aromatic heterocycles. The van der Waals surface area contributed by atoms with Gasteiger partial charge in [-0.2, -0.15) is 5.10 Å². The second-order valence-electron chi connectivity index (χ2n) is 6.43. The monoisotopic (exact) mass is 384 g/mol. The Morgan fingerprint density at radius 2 is 1.72 bits per heavy atom. The van der Waals surface area contributed by atoms with Gasteiger partial charge in [0.2, 0.25) is 5.91 Å². The Morgan fingerprint density at radius 3 is 2.41 bits per heavy atom. The van der Waals surface area contributed by atoms with Crippen molar-refractivity contribution in [3.63, 3.8) is 0 Å². The molecule has 0 bridgehead atoms. The molecule has 4 rings (SSSR count). The van der Waals surface area contributed by atoms with Crippen LogP contribution in [0.1, 0.15) is 12.2 Å². The smallest absolute Gasteiger partial charge is 0.241 e. The molecule has 0 spiro atoms. The molecule has 0 fully saturated rings. The molecule has 0 atom stereocenters. The first kappa shape index (κ1) is 18.4. The molecule has 6 nitrogen and oxygen atoms in total. The van der Waals surface area contributed by atoms with Crippen LogP contribution in [0, 0.1) is 0 Å². The number of imidazole rings is 1. The van der Waals surface area contributed by atoms with Crippen LogP contribution in [0.2, 0.25) is 0 Å². The molecule has 4 aromatic rings. The van der Waals surface area contributed by atoms with E-state index >= 15 is 0 Å². The Hall–Kier alpha value is -3.93. The van der Waals surface area contributed by atoms with E-state index < -0.39 is 0 Å². The molecule has 0 aliphatic heterocycles. The minimum absolute atomic E-state index is 0.179. The molecule has 0 saturated heterocycles. The molecule has 2 aromatic carbocycles. The summed E-state index contributed by atoms with van der Waals surface area (Å²) >= 11 is 0. The molecule has 0 aliphatic rings. The fraction of sp³-hybridized carbons (Fsp3) is 0.0870. The number of nitrogens with one attached hydrogen (secondary N) is 1. The predicted molar refractivity (Wildman–Crippen MR) is 112 cm³/mol. The number of amides is 1. The predicted octanol–water partition coefficient (Wildman–Crippen LogP) is 4.35. The summed E-state index contributed by atoms with van der Waals surface area (Å²) in [7, 11) is 0. The van der Waals surface area contributed by atoms with E-state index in [9.17, 15) is 4.79 Å². The molecule has 0 radical (unpaired) electrons. The minimum atomic E-state index is -0.179. The maximum atomic E-state index is 12.2. The van der Waals surface area contributed by atoms with Gasteiger partial charge in [0.1, 0.15) is 5.76 Å². The zero-order chi connectivity index (χ0) is 19.9. The number of hydrogen-bond donors (Lipinski definition) is 1. The SMILES string of the molecule is O=C(CCn1cnc(-c2ccccc2)c1-c1ccccc1)N/N=C/c1ccco1. The maximum absolute atomic E-state index is 12.2. The number of nitrogens with zero attached hydrogens (tertiary/aromatic N) is 3. The Labute approximate surface area is 168 Å². The van der Waals surface area contributed by atoms with Gasteiger partial charge < -0.3 is 8.98 Å². The van der Waals surface area contributed by atoms with Crippen molar-refractivity contribution in [3.05, 3.63) is 91.1 Å². The highest BCUT2D eigenvalue weighted by Gasteiger charge is 2.15. The van der Waals surface area contributed by atoms with E-state index in [0.29, 0.717) is 12.3 Å². The van der Waals surface area contributed by atoms with E-state index in [4.69, 9.17) is 4.42 Å². The van der Waals surface area contributed by atoms with Crippen LogP contribution >= 0.6 is 0 Å². The van der Waals surface area contributed by atoms with Crippen LogP contribution in [0.4, 0.5) is 0 Å². The normalized spacial score (nSPS) is 11.0. The third-order valence-corrected chi connectivity index (χ3v) is 4.44. The number of carbonyl (C=O) groups excluding carboxylic acids is 1. The van der Waals surface area contributed by atoms with Crippen molar-refractivity contribution in [2.24, 2.45) is 5.10 Å². The van der Waals surface area contributed by atoms with Crippen molar-refractivity contribution >= 4 is 12.1 Å². The quantitative estimate of drug-likeness (QED) is 0.380. The van der Waals surface area contributed by atoms with Crippen LogP contribution in [0.25, 0.3) is 22.5 Å². The summed E-state index contributed by atoms with van der Waals surface area (Å²) in [4.78, 5) is 16.8. The summed E-state index contributed by atoms with van der Waals surface area (Å²) in [6.07, 6.45) is 5.08. The Balaban J connectivity index is 1.51. The largest absolute Gasteiger partial charge is 0.463 e. The standard InChI is InChI=1S/C23H20N4O2/c28-21(26-25-16-20-12-7-15-29-20)13-14-27-17-24-22(18-8-3-1-4-9-18)23(27)19-10-5-2-6-11-19/h1-12,15-17H,13-14H2,(H,26,28)/b25-16+. The number of benzene rings is 2. The zero-order valence-electron chi connectivity index (χ0n) is 15.7. The number of carbonyl (C=O) groups is 1. The number of aromatic nitrogens is 2. The van der Waals surface area contributed by atoms with Gasteiger partial charge in [0.05, 0.1) is 30.2 Å². The van der Waals surface area contributed by atoms with Gasteiger partial charge in [-0.1, -0.05) is 60.7 Å². The highest BCUT2D eigenvalue weighted by Crippen LogP contribution is 2.31. The third kappa shape index (κ3) is 4.50. The second-order valence-corrected chi connectivity index (χ2v) is 6.43. The summed E-state index contributed by atoms with van der Waals surface area (Å²) in [6, 6.07) is 23.6. The second kappa shape index (κ2) is 8.84. The van der Waals surface area contributed by atoms with Crippen LogP contribution in [0.5, 0.6) is 0 Å². The van der Waals surface area contributed by atoms with E-state index in [1.165, 1.54) is 6.21 Å². The summed E-state index contributed by atoms with van der Waals surface area (Å²) in [5, 5.41) is 3.92. The van der Waals surface area contributed by atoms with Crippen LogP contribution < -0.4 is 5.43 Å². The lowest BCUT2D eigenvalue weighted by atomic mass is 10.0. The lowest BCUT2D eigenvalue weighted by Gasteiger charge is -2.10. The van der Waals surface area contributed by atoms with Gasteiger partial charge >= 0.3 is 0 Å². The van der Waals surface area contributed by atoms with Gasteiger partial charge in [-0.3, -0.25) is 4.79 Å². The number of furan rings is 1. The molecular weight excluding hydrogens is 364 g/mol. The highest BCUT2D eigenvalue weighted by molar-refractivity contribution is 5.81. The molecule has 0 aliphatic carbocycles. The lowest BCUT2D eigenvalue weighted by molar-refractivity contribution is -0.121. The molecular formula is C23H20N4O2. The van der Waals surface area contributed by atoms with E-state index in [1.54, 1.807) is 24.7 Å². The Morgan fingerprint density at radius 1 is 1.00 bits per heavy atom. The number of hydrazone groups is 1. The van der Waals surface area contributed by atoms with Gasteiger partial charge in [-0.25, -0.2) is 10.4 Å². The van der Waals surface area contributed by atoms with Crippen molar-refractivity contribution < 1.29 is 9.21 Å².